The first-order valence-corrected chi connectivity index (χ1v) is 10.0. The van der Waals surface area contributed by atoms with E-state index >= 15 is 0 Å². The maximum atomic E-state index is 12.7. The number of hydrogen-bond donors (Lipinski definition) is 1. The van der Waals surface area contributed by atoms with Gasteiger partial charge in [0.25, 0.3) is 0 Å². The van der Waals surface area contributed by atoms with E-state index in [9.17, 15) is 26.4 Å². The van der Waals surface area contributed by atoms with Gasteiger partial charge in [0.05, 0.1) is 25.3 Å². The standard InChI is InChI=1S/C19H17F3N2O6S/c1-3-29-15-8-13(9-16(10-15)30-31(26,27)19(20,21)22)17(18(25)28-2)24-14-6-4-12(11-23)5-7-14/h4-10,17,24H,3H2,1-2H3. The summed E-state index contributed by atoms with van der Waals surface area (Å²) in [5, 5.41) is 11.7. The lowest BCUT2D eigenvalue weighted by molar-refractivity contribution is -0.141. The molecule has 0 aliphatic heterocycles. The highest BCUT2D eigenvalue weighted by molar-refractivity contribution is 7.88. The third kappa shape index (κ3) is 6.02. The number of nitriles is 1. The van der Waals surface area contributed by atoms with Crippen LogP contribution in [-0.2, 0) is 19.6 Å². The third-order valence-electron chi connectivity index (χ3n) is 3.80. The second-order valence-electron chi connectivity index (χ2n) is 5.94. The number of methoxy groups -OCH3 is 1. The zero-order chi connectivity index (χ0) is 23.2. The Morgan fingerprint density at radius 2 is 1.77 bits per heavy atom. The van der Waals surface area contributed by atoms with Crippen molar-refractivity contribution in [3.63, 3.8) is 0 Å². The molecule has 31 heavy (non-hydrogen) atoms. The number of halogens is 3. The fraction of sp³-hybridized carbons (Fsp3) is 0.263. The van der Waals surface area contributed by atoms with Crippen molar-refractivity contribution in [1.29, 1.82) is 5.26 Å². The molecule has 0 aliphatic carbocycles. The molecule has 1 unspecified atom stereocenters. The summed E-state index contributed by atoms with van der Waals surface area (Å²) in [6, 6.07) is 9.89. The monoisotopic (exact) mass is 458 g/mol. The Bertz CT molecular complexity index is 1080. The van der Waals surface area contributed by atoms with Gasteiger partial charge in [-0.2, -0.15) is 26.9 Å². The molecule has 0 saturated heterocycles. The van der Waals surface area contributed by atoms with Crippen LogP contribution in [0.3, 0.4) is 0 Å². The second kappa shape index (κ2) is 9.57. The van der Waals surface area contributed by atoms with Gasteiger partial charge >= 0.3 is 21.6 Å². The van der Waals surface area contributed by atoms with Crippen LogP contribution < -0.4 is 14.2 Å². The molecule has 0 aromatic heterocycles. The summed E-state index contributed by atoms with van der Waals surface area (Å²) in [7, 11) is -4.84. The normalized spacial score (nSPS) is 12.4. The van der Waals surface area contributed by atoms with E-state index in [0.717, 1.165) is 19.2 Å². The summed E-state index contributed by atoms with van der Waals surface area (Å²) >= 11 is 0. The highest BCUT2D eigenvalue weighted by Crippen LogP contribution is 2.33. The average Bonchev–Trinajstić information content (AvgIpc) is 2.70. The van der Waals surface area contributed by atoms with Crippen molar-refractivity contribution < 1.29 is 40.0 Å². The average molecular weight is 458 g/mol. The predicted octanol–water partition coefficient (Wildman–Crippen LogP) is 3.51. The number of nitrogens with zero attached hydrogens (tertiary/aromatic N) is 1. The molecular formula is C19H17F3N2O6S. The van der Waals surface area contributed by atoms with Crippen LogP contribution >= 0.6 is 0 Å². The van der Waals surface area contributed by atoms with Crippen LogP contribution in [0.4, 0.5) is 18.9 Å². The molecule has 2 aromatic carbocycles. The third-order valence-corrected chi connectivity index (χ3v) is 4.78. The van der Waals surface area contributed by atoms with Gasteiger partial charge in [0.2, 0.25) is 0 Å². The molecule has 166 valence electrons. The van der Waals surface area contributed by atoms with Crippen LogP contribution in [0.2, 0.25) is 0 Å². The number of carbonyl (C=O) groups excluding carboxylic acids is 1. The fourth-order valence-corrected chi connectivity index (χ4v) is 2.88. The second-order valence-corrected chi connectivity index (χ2v) is 7.48. The Morgan fingerprint density at radius 1 is 1.16 bits per heavy atom. The van der Waals surface area contributed by atoms with Crippen molar-refractivity contribution in [1.82, 2.24) is 0 Å². The minimum Gasteiger partial charge on any atom is -0.494 e. The quantitative estimate of drug-likeness (QED) is 0.363. The van der Waals surface area contributed by atoms with Crippen molar-refractivity contribution >= 4 is 21.8 Å². The maximum Gasteiger partial charge on any atom is 0.534 e. The van der Waals surface area contributed by atoms with Gasteiger partial charge in [-0.3, -0.25) is 0 Å². The van der Waals surface area contributed by atoms with Gasteiger partial charge in [-0.15, -0.1) is 0 Å². The molecule has 8 nitrogen and oxygen atoms in total. The first-order chi connectivity index (χ1) is 14.5. The molecule has 0 saturated carbocycles. The van der Waals surface area contributed by atoms with Crippen molar-refractivity contribution in [2.45, 2.75) is 18.5 Å². The lowest BCUT2D eigenvalue weighted by atomic mass is 10.1. The molecule has 12 heteroatoms. The van der Waals surface area contributed by atoms with E-state index in [1.165, 1.54) is 30.3 Å². The number of benzene rings is 2. The Balaban J connectivity index is 2.49. The fourth-order valence-electron chi connectivity index (χ4n) is 2.44. The van der Waals surface area contributed by atoms with Gasteiger partial charge < -0.3 is 19.0 Å². The van der Waals surface area contributed by atoms with Crippen molar-refractivity contribution in [2.24, 2.45) is 0 Å². The van der Waals surface area contributed by atoms with Crippen LogP contribution in [0.5, 0.6) is 11.5 Å². The Morgan fingerprint density at radius 3 is 2.29 bits per heavy atom. The van der Waals surface area contributed by atoms with E-state index in [0.29, 0.717) is 11.3 Å². The van der Waals surface area contributed by atoms with Gasteiger partial charge in [0.1, 0.15) is 11.5 Å². The van der Waals surface area contributed by atoms with Gasteiger partial charge in [-0.05, 0) is 48.9 Å². The number of carbonyl (C=O) groups is 1. The Hall–Kier alpha value is -3.46. The highest BCUT2D eigenvalue weighted by atomic mass is 32.2. The van der Waals surface area contributed by atoms with E-state index in [2.05, 4.69) is 9.50 Å². The van der Waals surface area contributed by atoms with Crippen molar-refractivity contribution in [3.05, 3.63) is 53.6 Å². The van der Waals surface area contributed by atoms with Crippen molar-refractivity contribution in [3.8, 4) is 17.6 Å². The maximum absolute atomic E-state index is 12.7. The molecule has 0 amide bonds. The molecule has 2 rings (SSSR count). The highest BCUT2D eigenvalue weighted by Gasteiger charge is 2.48. The lowest BCUT2D eigenvalue weighted by Gasteiger charge is -2.20. The first-order valence-electron chi connectivity index (χ1n) is 8.63. The van der Waals surface area contributed by atoms with Crippen LogP contribution in [0.25, 0.3) is 0 Å². The number of alkyl halides is 3. The largest absolute Gasteiger partial charge is 0.534 e. The van der Waals surface area contributed by atoms with Crippen LogP contribution in [0.15, 0.2) is 42.5 Å². The van der Waals surface area contributed by atoms with E-state index in [1.54, 1.807) is 6.92 Å². The topological polar surface area (TPSA) is 115 Å². The van der Waals surface area contributed by atoms with E-state index in [4.69, 9.17) is 14.7 Å². The van der Waals surface area contributed by atoms with Gasteiger partial charge in [0.15, 0.2) is 6.04 Å². The number of anilines is 1. The summed E-state index contributed by atoms with van der Waals surface area (Å²) in [5.74, 6) is -1.54. The van der Waals surface area contributed by atoms with Gasteiger partial charge in [-0.25, -0.2) is 4.79 Å². The smallest absolute Gasteiger partial charge is 0.494 e. The Kier molecular flexibility index (Phi) is 7.35. The van der Waals surface area contributed by atoms with E-state index in [-0.39, 0.29) is 17.9 Å². The van der Waals surface area contributed by atoms with E-state index < -0.39 is 33.4 Å². The van der Waals surface area contributed by atoms with Gasteiger partial charge in [-0.1, -0.05) is 0 Å². The van der Waals surface area contributed by atoms with Crippen molar-refractivity contribution in [2.75, 3.05) is 19.0 Å². The Labute approximate surface area is 176 Å². The lowest BCUT2D eigenvalue weighted by Crippen LogP contribution is -2.28. The molecular weight excluding hydrogens is 441 g/mol. The molecule has 0 fully saturated rings. The molecule has 2 aromatic rings. The summed E-state index contributed by atoms with van der Waals surface area (Å²) in [6.07, 6.45) is 0. The molecule has 0 heterocycles. The molecule has 0 spiro atoms. The minimum absolute atomic E-state index is 0.0227. The summed E-state index contributed by atoms with van der Waals surface area (Å²) in [6.45, 7) is 1.72. The summed E-state index contributed by atoms with van der Waals surface area (Å²) in [5.41, 5.74) is -4.86. The number of rotatable bonds is 8. The zero-order valence-corrected chi connectivity index (χ0v) is 17.1. The number of hydrogen-bond acceptors (Lipinski definition) is 8. The van der Waals surface area contributed by atoms with Gasteiger partial charge in [0, 0.05) is 11.8 Å². The number of ether oxygens (including phenoxy) is 2. The number of nitrogens with one attached hydrogen (secondary N) is 1. The SMILES string of the molecule is CCOc1cc(OS(=O)(=O)C(F)(F)F)cc(C(Nc2ccc(C#N)cc2)C(=O)OC)c1. The zero-order valence-electron chi connectivity index (χ0n) is 16.3. The van der Waals surface area contributed by atoms with Crippen LogP contribution in [0.1, 0.15) is 24.1 Å². The summed E-state index contributed by atoms with van der Waals surface area (Å²) in [4.78, 5) is 12.3. The van der Waals surface area contributed by atoms with E-state index in [1.807, 2.05) is 6.07 Å². The number of esters is 1. The molecule has 0 aliphatic rings. The first kappa shape index (κ1) is 23.8. The molecule has 1 N–H and O–H groups in total. The minimum atomic E-state index is -5.94. The van der Waals surface area contributed by atoms with Crippen LogP contribution in [-0.4, -0.2) is 33.6 Å². The molecule has 1 atom stereocenters. The van der Waals surface area contributed by atoms with Crippen LogP contribution in [0, 0.1) is 11.3 Å². The molecule has 0 radical (unpaired) electrons. The predicted molar refractivity (Wildman–Crippen MR) is 103 cm³/mol. The summed E-state index contributed by atoms with van der Waals surface area (Å²) < 4.78 is 75.1. The molecule has 0 bridgehead atoms.